The summed E-state index contributed by atoms with van der Waals surface area (Å²) in [4.78, 5) is 13.1. The van der Waals surface area contributed by atoms with Crippen LogP contribution in [0.1, 0.15) is 47.2 Å². The van der Waals surface area contributed by atoms with Gasteiger partial charge < -0.3 is 14.6 Å². The summed E-state index contributed by atoms with van der Waals surface area (Å²) in [5.41, 5.74) is 3.61. The molecule has 0 atom stereocenters. The van der Waals surface area contributed by atoms with Crippen LogP contribution in [-0.2, 0) is 14.8 Å². The van der Waals surface area contributed by atoms with E-state index in [0.717, 1.165) is 11.4 Å². The quantitative estimate of drug-likeness (QED) is 0.807. The Kier molecular flexibility index (Phi) is 6.16. The molecule has 1 fully saturated rings. The Morgan fingerprint density at radius 3 is 2.34 bits per heavy atom. The minimum absolute atomic E-state index is 0.213. The van der Waals surface area contributed by atoms with Gasteiger partial charge in [-0.1, -0.05) is 6.07 Å². The van der Waals surface area contributed by atoms with Crippen molar-refractivity contribution in [3.8, 4) is 0 Å². The second-order valence-corrected chi connectivity index (χ2v) is 9.61. The molecule has 3 rings (SSSR count). The minimum atomic E-state index is -3.64. The van der Waals surface area contributed by atoms with E-state index in [1.807, 2.05) is 19.9 Å². The molecule has 1 saturated heterocycles. The summed E-state index contributed by atoms with van der Waals surface area (Å²) in [6.45, 7) is 11.2. The summed E-state index contributed by atoms with van der Waals surface area (Å²) >= 11 is 0. The number of morpholine rings is 1. The number of aromatic nitrogens is 1. The van der Waals surface area contributed by atoms with Gasteiger partial charge in [0.1, 0.15) is 0 Å². The van der Waals surface area contributed by atoms with Gasteiger partial charge in [-0.2, -0.15) is 4.31 Å². The van der Waals surface area contributed by atoms with Gasteiger partial charge in [-0.25, -0.2) is 8.42 Å². The van der Waals surface area contributed by atoms with Gasteiger partial charge in [0, 0.05) is 36.2 Å². The van der Waals surface area contributed by atoms with Crippen LogP contribution in [-0.4, -0.2) is 49.5 Å². The van der Waals surface area contributed by atoms with Gasteiger partial charge >= 0.3 is 0 Å². The standard InChI is InChI=1S/C21H29N3O4S/c1-14(2)24-16(4)12-19(17(24)5)21(25)22-18-7-6-15(3)20(13-18)29(26,27)23-8-10-28-11-9-23/h6-7,12-14H,8-11H2,1-5H3,(H,22,25). The van der Waals surface area contributed by atoms with Gasteiger partial charge in [0.2, 0.25) is 10.0 Å². The van der Waals surface area contributed by atoms with Crippen molar-refractivity contribution in [1.82, 2.24) is 8.87 Å². The van der Waals surface area contributed by atoms with Crippen molar-refractivity contribution in [2.75, 3.05) is 31.6 Å². The highest BCUT2D eigenvalue weighted by Crippen LogP contribution is 2.26. The lowest BCUT2D eigenvalue weighted by Crippen LogP contribution is -2.40. The molecule has 1 aliphatic heterocycles. The Morgan fingerprint density at radius 2 is 1.76 bits per heavy atom. The van der Waals surface area contributed by atoms with Crippen molar-refractivity contribution in [2.45, 2.75) is 45.6 Å². The Labute approximate surface area is 172 Å². The Morgan fingerprint density at radius 1 is 1.10 bits per heavy atom. The van der Waals surface area contributed by atoms with E-state index in [1.54, 1.807) is 25.1 Å². The highest BCUT2D eigenvalue weighted by molar-refractivity contribution is 7.89. The third-order valence-corrected chi connectivity index (χ3v) is 7.32. The molecule has 8 heteroatoms. The zero-order valence-electron chi connectivity index (χ0n) is 17.7. The molecular weight excluding hydrogens is 390 g/mol. The number of sulfonamides is 1. The second-order valence-electron chi connectivity index (χ2n) is 7.70. The van der Waals surface area contributed by atoms with Crippen molar-refractivity contribution in [3.05, 3.63) is 46.8 Å². The van der Waals surface area contributed by atoms with Gasteiger partial charge in [0.05, 0.1) is 23.7 Å². The molecule has 7 nitrogen and oxygen atoms in total. The third kappa shape index (κ3) is 4.24. The van der Waals surface area contributed by atoms with E-state index in [1.165, 1.54) is 4.31 Å². The monoisotopic (exact) mass is 419 g/mol. The fourth-order valence-corrected chi connectivity index (χ4v) is 5.54. The van der Waals surface area contributed by atoms with E-state index in [4.69, 9.17) is 4.74 Å². The number of benzene rings is 1. The lowest BCUT2D eigenvalue weighted by atomic mass is 10.2. The van der Waals surface area contributed by atoms with E-state index >= 15 is 0 Å². The summed E-state index contributed by atoms with van der Waals surface area (Å²) < 4.78 is 34.9. The molecule has 0 saturated carbocycles. The number of ether oxygens (including phenoxy) is 1. The molecule has 1 N–H and O–H groups in total. The van der Waals surface area contributed by atoms with Crippen LogP contribution in [0.15, 0.2) is 29.2 Å². The van der Waals surface area contributed by atoms with Gasteiger partial charge in [-0.3, -0.25) is 4.79 Å². The number of aryl methyl sites for hydroxylation is 2. The lowest BCUT2D eigenvalue weighted by Gasteiger charge is -2.26. The Bertz CT molecular complexity index is 1020. The molecular formula is C21H29N3O4S. The van der Waals surface area contributed by atoms with Gasteiger partial charge in [-0.15, -0.1) is 0 Å². The smallest absolute Gasteiger partial charge is 0.257 e. The summed E-state index contributed by atoms with van der Waals surface area (Å²) in [6.07, 6.45) is 0. The maximum Gasteiger partial charge on any atom is 0.257 e. The molecule has 0 unspecified atom stereocenters. The number of rotatable bonds is 5. The van der Waals surface area contributed by atoms with E-state index in [9.17, 15) is 13.2 Å². The van der Waals surface area contributed by atoms with Crippen LogP contribution in [0, 0.1) is 20.8 Å². The highest BCUT2D eigenvalue weighted by atomic mass is 32.2. The Balaban J connectivity index is 1.89. The van der Waals surface area contributed by atoms with Crippen LogP contribution in [0.4, 0.5) is 5.69 Å². The van der Waals surface area contributed by atoms with Crippen LogP contribution >= 0.6 is 0 Å². The zero-order valence-corrected chi connectivity index (χ0v) is 18.5. The first-order valence-electron chi connectivity index (χ1n) is 9.81. The molecule has 0 radical (unpaired) electrons. The molecule has 29 heavy (non-hydrogen) atoms. The molecule has 1 aliphatic rings. The summed E-state index contributed by atoms with van der Waals surface area (Å²) in [5.74, 6) is -0.247. The highest BCUT2D eigenvalue weighted by Gasteiger charge is 2.28. The van der Waals surface area contributed by atoms with E-state index in [2.05, 4.69) is 23.7 Å². The molecule has 0 bridgehead atoms. The maximum absolute atomic E-state index is 13.0. The van der Waals surface area contributed by atoms with Crippen LogP contribution < -0.4 is 5.32 Å². The van der Waals surface area contributed by atoms with Gasteiger partial charge in [0.25, 0.3) is 5.91 Å². The molecule has 1 amide bonds. The number of amides is 1. The van der Waals surface area contributed by atoms with Crippen molar-refractivity contribution in [2.24, 2.45) is 0 Å². The normalized spacial score (nSPS) is 15.7. The molecule has 0 aliphatic carbocycles. The van der Waals surface area contributed by atoms with Crippen molar-refractivity contribution < 1.29 is 17.9 Å². The average Bonchev–Trinajstić information content (AvgIpc) is 2.98. The second kappa shape index (κ2) is 8.30. The van der Waals surface area contributed by atoms with E-state index < -0.39 is 10.0 Å². The first-order chi connectivity index (χ1) is 13.6. The SMILES string of the molecule is Cc1ccc(NC(=O)c2cc(C)n(C(C)C)c2C)cc1S(=O)(=O)N1CCOCC1. The predicted octanol–water partition coefficient (Wildman–Crippen LogP) is 3.27. The van der Waals surface area contributed by atoms with Crippen LogP contribution in [0.5, 0.6) is 0 Å². The first-order valence-corrected chi connectivity index (χ1v) is 11.2. The lowest BCUT2D eigenvalue weighted by molar-refractivity contribution is 0.0730. The molecule has 2 heterocycles. The number of nitrogens with zero attached hydrogens (tertiary/aromatic N) is 2. The largest absolute Gasteiger partial charge is 0.379 e. The number of carbonyl (C=O) groups is 1. The van der Waals surface area contributed by atoms with E-state index in [0.29, 0.717) is 43.1 Å². The minimum Gasteiger partial charge on any atom is -0.379 e. The van der Waals surface area contributed by atoms with Crippen LogP contribution in [0.3, 0.4) is 0 Å². The van der Waals surface area contributed by atoms with Crippen LogP contribution in [0.2, 0.25) is 0 Å². The molecule has 0 spiro atoms. The average molecular weight is 420 g/mol. The molecule has 1 aromatic heterocycles. The van der Waals surface area contributed by atoms with Crippen LogP contribution in [0.25, 0.3) is 0 Å². The number of hydrogen-bond donors (Lipinski definition) is 1. The van der Waals surface area contributed by atoms with Crippen molar-refractivity contribution >= 4 is 21.6 Å². The first kappa shape index (κ1) is 21.5. The predicted molar refractivity (Wildman–Crippen MR) is 113 cm³/mol. The van der Waals surface area contributed by atoms with Crippen molar-refractivity contribution in [1.29, 1.82) is 0 Å². The number of hydrogen-bond acceptors (Lipinski definition) is 4. The summed E-state index contributed by atoms with van der Waals surface area (Å²) in [7, 11) is -3.64. The zero-order chi connectivity index (χ0) is 21.3. The number of nitrogens with one attached hydrogen (secondary N) is 1. The number of anilines is 1. The van der Waals surface area contributed by atoms with E-state index in [-0.39, 0.29) is 16.8 Å². The summed E-state index contributed by atoms with van der Waals surface area (Å²) in [5, 5.41) is 2.86. The van der Waals surface area contributed by atoms with Gasteiger partial charge in [0.15, 0.2) is 0 Å². The topological polar surface area (TPSA) is 80.6 Å². The number of carbonyl (C=O) groups excluding carboxylic acids is 1. The molecule has 1 aromatic carbocycles. The molecule has 158 valence electrons. The van der Waals surface area contributed by atoms with Crippen molar-refractivity contribution in [3.63, 3.8) is 0 Å². The fraction of sp³-hybridized carbons (Fsp3) is 0.476. The molecule has 2 aromatic rings. The fourth-order valence-electron chi connectivity index (χ4n) is 3.88. The third-order valence-electron chi connectivity index (χ3n) is 5.28. The summed E-state index contributed by atoms with van der Waals surface area (Å²) in [6, 6.07) is 7.11. The maximum atomic E-state index is 13.0. The van der Waals surface area contributed by atoms with Gasteiger partial charge in [-0.05, 0) is 58.4 Å². The Hall–Kier alpha value is -2.16.